The molecule has 9 heterocycles. The average molecular weight is 1160 g/mol. The number of nitrogens with two attached hydrogens (primary N) is 3. The molecular formula is C32H45N15O23P4S+2. The van der Waals surface area contributed by atoms with Crippen LogP contribution in [-0.2, 0) is 66.4 Å². The van der Waals surface area contributed by atoms with Crippen LogP contribution in [0.2, 0.25) is 0 Å². The van der Waals surface area contributed by atoms with Gasteiger partial charge in [0.25, 0.3) is 17.1 Å². The predicted molar refractivity (Wildman–Crippen MR) is 247 cm³/mol. The number of H-pyrrole nitrogens is 2. The van der Waals surface area contributed by atoms with Crippen molar-refractivity contribution in [3.05, 3.63) is 46.0 Å². The number of anilines is 3. The molecular weight excluding hydrogens is 1120 g/mol. The van der Waals surface area contributed by atoms with Crippen LogP contribution < -0.4 is 32.9 Å². The number of aryl methyl sites for hydroxylation is 1. The minimum Gasteiger partial charge on any atom is -0.387 e. The molecule has 0 amide bonds. The zero-order chi connectivity index (χ0) is 54.3. The van der Waals surface area contributed by atoms with Crippen molar-refractivity contribution in [1.29, 1.82) is 0 Å². The van der Waals surface area contributed by atoms with Crippen LogP contribution in [0.1, 0.15) is 18.7 Å². The first-order valence-electron chi connectivity index (χ1n) is 21.2. The SMILES string of the molecule is COC1C(O[P+](O)(S)OCC2OC(n3cnc4c(=O)[nH]c(N)nc43)C(O)C2O)C(COP(=O)(O)OP(=O)(O)OP(=O)(O)OCC2OC([n+]3cn(C)c4c(=O)[nH]c(N)nc43)C(O)C2O)OC1n1cnc2c(N)ncnc21. The molecule has 16 N–H and O–H groups in total. The monoisotopic (exact) mass is 1160 g/mol. The molecule has 3 saturated heterocycles. The summed E-state index contributed by atoms with van der Waals surface area (Å²) in [5, 5.41) is 43.3. The van der Waals surface area contributed by atoms with Gasteiger partial charge in [0, 0.05) is 7.11 Å². The van der Waals surface area contributed by atoms with E-state index in [1.165, 1.54) is 28.8 Å². The predicted octanol–water partition coefficient (Wildman–Crippen LogP) is -4.21. The van der Waals surface area contributed by atoms with E-state index >= 15 is 0 Å². The van der Waals surface area contributed by atoms with Crippen LogP contribution in [-0.4, -0.2) is 175 Å². The van der Waals surface area contributed by atoms with Crippen molar-refractivity contribution >= 4 is 94.1 Å². The molecule has 0 radical (unpaired) electrons. The van der Waals surface area contributed by atoms with Gasteiger partial charge >= 0.3 is 36.3 Å². The summed E-state index contributed by atoms with van der Waals surface area (Å²) < 4.78 is 96.7. The maximum atomic E-state index is 13.2. The van der Waals surface area contributed by atoms with Gasteiger partial charge in [0.1, 0.15) is 67.3 Å². The number of phosphoric ester groups is 2. The number of aromatic nitrogens is 12. The lowest BCUT2D eigenvalue weighted by Crippen LogP contribution is -2.46. The van der Waals surface area contributed by atoms with E-state index in [2.05, 4.69) is 60.7 Å². The Morgan fingerprint density at radius 2 is 1.33 bits per heavy atom. The number of nitrogens with zero attached hydrogens (tertiary/aromatic N) is 10. The van der Waals surface area contributed by atoms with Gasteiger partial charge in [-0.2, -0.15) is 27.5 Å². The highest BCUT2D eigenvalue weighted by Gasteiger charge is 2.57. The quantitative estimate of drug-likeness (QED) is 0.0208. The minimum atomic E-state index is -6.17. The Hall–Kier alpha value is -4.60. The summed E-state index contributed by atoms with van der Waals surface area (Å²) in [6.45, 7) is -3.04. The van der Waals surface area contributed by atoms with E-state index in [9.17, 15) is 63.3 Å². The molecule has 9 rings (SSSR count). The number of aliphatic hydroxyl groups excluding tert-OH is 4. The Balaban J connectivity index is 0.861. The molecule has 43 heteroatoms. The Kier molecular flexibility index (Phi) is 15.2. The highest BCUT2D eigenvalue weighted by atomic mass is 32.7. The van der Waals surface area contributed by atoms with E-state index in [1.807, 2.05) is 0 Å². The number of nitrogens with one attached hydrogen (secondary N) is 2. The fourth-order valence-corrected chi connectivity index (χ4v) is 13.3. The maximum Gasteiger partial charge on any atom is 0.490 e. The summed E-state index contributed by atoms with van der Waals surface area (Å²) in [5.41, 5.74) is 15.7. The van der Waals surface area contributed by atoms with Gasteiger partial charge in [-0.15, -0.1) is 0 Å². The number of nitrogen functional groups attached to an aromatic ring is 3. The van der Waals surface area contributed by atoms with E-state index in [0.717, 1.165) is 28.9 Å². The lowest BCUT2D eigenvalue weighted by molar-refractivity contribution is -0.745. The molecule has 410 valence electrons. The van der Waals surface area contributed by atoms with Crippen molar-refractivity contribution in [1.82, 2.24) is 53.6 Å². The van der Waals surface area contributed by atoms with E-state index in [-0.39, 0.29) is 51.2 Å². The lowest BCUT2D eigenvalue weighted by atomic mass is 10.1. The normalized spacial score (nSPS) is 30.5. The van der Waals surface area contributed by atoms with Crippen molar-refractivity contribution in [3.63, 3.8) is 0 Å². The van der Waals surface area contributed by atoms with Crippen LogP contribution >= 0.6 is 42.9 Å². The number of hydrogen-bond acceptors (Lipinski definition) is 30. The van der Waals surface area contributed by atoms with E-state index in [4.69, 9.17) is 54.2 Å². The van der Waals surface area contributed by atoms with Gasteiger partial charge in [0.2, 0.25) is 17.7 Å². The van der Waals surface area contributed by atoms with Crippen LogP contribution in [0.15, 0.2) is 34.9 Å². The summed E-state index contributed by atoms with van der Waals surface area (Å²) in [4.78, 5) is 96.4. The van der Waals surface area contributed by atoms with Crippen molar-refractivity contribution in [2.75, 3.05) is 44.1 Å². The Morgan fingerprint density at radius 3 is 2.01 bits per heavy atom. The Labute approximate surface area is 421 Å². The lowest BCUT2D eigenvalue weighted by Gasteiger charge is -2.24. The van der Waals surface area contributed by atoms with Gasteiger partial charge in [-0.1, -0.05) is 4.98 Å². The molecule has 16 atom stereocenters. The molecule has 6 aromatic rings. The van der Waals surface area contributed by atoms with Crippen LogP contribution in [0.4, 0.5) is 17.7 Å². The van der Waals surface area contributed by atoms with Crippen molar-refractivity contribution in [3.8, 4) is 0 Å². The number of fused-ring (bicyclic) bond motifs is 3. The van der Waals surface area contributed by atoms with Crippen molar-refractivity contribution in [2.45, 2.75) is 73.6 Å². The highest BCUT2D eigenvalue weighted by Crippen LogP contribution is 2.68. The molecule has 0 aliphatic carbocycles. The zero-order valence-electron chi connectivity index (χ0n) is 38.0. The van der Waals surface area contributed by atoms with Gasteiger partial charge in [-0.3, -0.25) is 42.3 Å². The second-order valence-corrected chi connectivity index (χ2v) is 24.1. The van der Waals surface area contributed by atoms with Gasteiger partial charge in [0.15, 0.2) is 47.5 Å². The van der Waals surface area contributed by atoms with E-state index in [1.54, 1.807) is 0 Å². The Morgan fingerprint density at radius 1 is 0.747 bits per heavy atom. The summed E-state index contributed by atoms with van der Waals surface area (Å²) in [6.07, 6.45) is -14.5. The third-order valence-corrected chi connectivity index (χ3v) is 17.4. The highest BCUT2D eigenvalue weighted by molar-refractivity contribution is 8.47. The maximum absolute atomic E-state index is 13.2. The second kappa shape index (κ2) is 20.6. The fourth-order valence-electron chi connectivity index (χ4n) is 8.30. The van der Waals surface area contributed by atoms with Crippen LogP contribution in [0.3, 0.4) is 0 Å². The number of ether oxygens (including phenoxy) is 4. The molecule has 0 spiro atoms. The number of hydrogen-bond donors (Lipinski definition) is 14. The summed E-state index contributed by atoms with van der Waals surface area (Å²) in [6, 6.07) is 0. The number of aliphatic hydroxyl groups is 4. The summed E-state index contributed by atoms with van der Waals surface area (Å²) in [5.74, 6) is -0.638. The molecule has 3 aliphatic heterocycles. The molecule has 38 nitrogen and oxygen atoms in total. The fraction of sp³-hybridized carbons (Fsp3) is 0.531. The number of rotatable bonds is 19. The molecule has 0 saturated carbocycles. The summed E-state index contributed by atoms with van der Waals surface area (Å²) >= 11 is 4.16. The van der Waals surface area contributed by atoms with Crippen LogP contribution in [0.5, 0.6) is 0 Å². The van der Waals surface area contributed by atoms with Gasteiger partial charge in [0.05, 0.1) is 45.2 Å². The number of aromatic amines is 2. The standard InChI is InChI=1S/C32H43N15O23P4S/c1-44-9-47(25-15(44)27(53)43-32(35)41-25)29-19(51)16(48)10(66-29)3-62-71(54,55)69-73(58,59)70-72(56,57)63-5-12-20(21(61-2)30(67-12)45-7-38-13-22(33)36-6-37-23(13)45)68-74(60,75)64-4-11-17(49)18(50)28(65-11)46-8-39-14-24(46)40-31(34)42-26(14)52/h6-12,16-21,28-30,48-51,60,75H,3-5H2,1-2H3,(H9-2,33,34,35,36,37,40,41,42,43,52,53,54,55,56,57,58,59)/p+2. The van der Waals surface area contributed by atoms with Gasteiger partial charge < -0.3 is 71.3 Å². The third-order valence-electron chi connectivity index (χ3n) is 11.6. The topological polar surface area (TPSA) is 545 Å². The molecule has 16 unspecified atom stereocenters. The number of thiol groups is 1. The van der Waals surface area contributed by atoms with Crippen molar-refractivity contribution in [2.24, 2.45) is 7.05 Å². The molecule has 0 bridgehead atoms. The smallest absolute Gasteiger partial charge is 0.387 e. The first kappa shape index (κ1) is 55.2. The largest absolute Gasteiger partial charge is 0.490 e. The molecule has 6 aromatic heterocycles. The third kappa shape index (κ3) is 11.1. The average Bonchev–Trinajstić information content (AvgIpc) is 4.17. The van der Waals surface area contributed by atoms with Crippen LogP contribution in [0, 0.1) is 0 Å². The zero-order valence-corrected chi connectivity index (χ0v) is 42.5. The first-order valence-corrected chi connectivity index (χ1v) is 28.4. The molecule has 3 fully saturated rings. The second-order valence-electron chi connectivity index (χ2n) is 16.5. The number of methoxy groups -OCH3 is 1. The minimum absolute atomic E-state index is 0.0147. The van der Waals surface area contributed by atoms with Gasteiger partial charge in [-0.25, -0.2) is 38.2 Å². The molecule has 0 aromatic carbocycles. The van der Waals surface area contributed by atoms with Crippen molar-refractivity contribution < 1.29 is 104 Å². The number of imidazole rings is 3. The summed E-state index contributed by atoms with van der Waals surface area (Å²) in [7, 11) is -19.8. The van der Waals surface area contributed by atoms with Crippen LogP contribution in [0.25, 0.3) is 33.5 Å². The molecule has 3 aliphatic rings. The van der Waals surface area contributed by atoms with E-state index < -0.39 is 135 Å². The van der Waals surface area contributed by atoms with Gasteiger partial charge in [-0.05, 0) is 0 Å². The molecule has 75 heavy (non-hydrogen) atoms. The Bertz CT molecular complexity index is 3400. The first-order chi connectivity index (χ1) is 35.2. The number of phosphoric acid groups is 3. The van der Waals surface area contributed by atoms with E-state index in [0.29, 0.717) is 0 Å².